The molecule has 0 amide bonds. The van der Waals surface area contributed by atoms with Gasteiger partial charge < -0.3 is 14.5 Å². The van der Waals surface area contributed by atoms with E-state index < -0.39 is 19.6 Å². The van der Waals surface area contributed by atoms with Crippen molar-refractivity contribution in [2.45, 2.75) is 39.4 Å². The number of hydrogen-bond acceptors (Lipinski definition) is 4. The molecular formula is C9H17O6P. The average molecular weight is 252 g/mol. The van der Waals surface area contributed by atoms with Crippen molar-refractivity contribution in [3.05, 3.63) is 12.2 Å². The minimum Gasteiger partial charge on any atom is -0.429 e. The molecule has 0 unspecified atom stereocenters. The lowest BCUT2D eigenvalue weighted by Crippen LogP contribution is -2.36. The van der Waals surface area contributed by atoms with Gasteiger partial charge in [-0.1, -0.05) is 20.4 Å². The summed E-state index contributed by atoms with van der Waals surface area (Å²) in [4.78, 5) is 28.8. The Morgan fingerprint density at radius 2 is 1.81 bits per heavy atom. The smallest absolute Gasteiger partial charge is 0.429 e. The Kier molecular flexibility index (Phi) is 5.35. The van der Waals surface area contributed by atoms with Crippen LogP contribution >= 0.6 is 7.82 Å². The molecule has 0 saturated heterocycles. The van der Waals surface area contributed by atoms with Crippen molar-refractivity contribution >= 4 is 13.8 Å². The van der Waals surface area contributed by atoms with Crippen molar-refractivity contribution in [2.75, 3.05) is 0 Å². The number of hydrogen-bond donors (Lipinski definition) is 2. The largest absolute Gasteiger partial charge is 0.472 e. The van der Waals surface area contributed by atoms with Gasteiger partial charge in [-0.3, -0.25) is 0 Å². The second-order valence-electron chi connectivity index (χ2n) is 3.37. The lowest BCUT2D eigenvalue weighted by molar-refractivity contribution is -0.200. The van der Waals surface area contributed by atoms with Gasteiger partial charge in [-0.2, -0.15) is 0 Å². The van der Waals surface area contributed by atoms with E-state index in [1.165, 1.54) is 6.92 Å². The molecule has 0 saturated carbocycles. The number of carbonyl (C=O) groups excluding carboxylic acids is 1. The predicted octanol–water partition coefficient (Wildman–Crippen LogP) is 1.73. The van der Waals surface area contributed by atoms with Gasteiger partial charge in [0.05, 0.1) is 0 Å². The fraction of sp³-hybridized carbons (Fsp3) is 0.667. The van der Waals surface area contributed by atoms with Crippen LogP contribution in [-0.4, -0.2) is 21.5 Å². The molecule has 0 aliphatic heterocycles. The predicted molar refractivity (Wildman–Crippen MR) is 57.3 cm³/mol. The van der Waals surface area contributed by atoms with E-state index >= 15 is 0 Å². The molecule has 16 heavy (non-hydrogen) atoms. The summed E-state index contributed by atoms with van der Waals surface area (Å²) in [5.41, 5.74) is 0.139. The maximum Gasteiger partial charge on any atom is 0.472 e. The average Bonchev–Trinajstić information content (AvgIpc) is 2.14. The van der Waals surface area contributed by atoms with Gasteiger partial charge in [0.25, 0.3) is 0 Å². The lowest BCUT2D eigenvalue weighted by Gasteiger charge is -2.31. The highest BCUT2D eigenvalue weighted by Gasteiger charge is 2.38. The van der Waals surface area contributed by atoms with Crippen LogP contribution in [0.3, 0.4) is 0 Å². The zero-order valence-electron chi connectivity index (χ0n) is 9.60. The molecular weight excluding hydrogens is 235 g/mol. The first-order valence-corrected chi connectivity index (χ1v) is 6.34. The van der Waals surface area contributed by atoms with Gasteiger partial charge in [-0.25, -0.2) is 13.9 Å². The molecule has 0 bridgehead atoms. The first-order valence-electron chi connectivity index (χ1n) is 4.81. The molecule has 0 radical (unpaired) electrons. The number of phosphoric acid groups is 1. The molecule has 6 nitrogen and oxygen atoms in total. The summed E-state index contributed by atoms with van der Waals surface area (Å²) in [5, 5.41) is 0. The van der Waals surface area contributed by atoms with Gasteiger partial charge in [0.1, 0.15) is 0 Å². The molecule has 0 rings (SSSR count). The number of ether oxygens (including phenoxy) is 1. The van der Waals surface area contributed by atoms with Crippen molar-refractivity contribution < 1.29 is 28.4 Å². The van der Waals surface area contributed by atoms with Crippen LogP contribution in [0.4, 0.5) is 0 Å². The maximum absolute atomic E-state index is 11.3. The van der Waals surface area contributed by atoms with E-state index in [2.05, 4.69) is 11.1 Å². The minimum absolute atomic E-state index is 0.133. The van der Waals surface area contributed by atoms with E-state index in [-0.39, 0.29) is 18.4 Å². The van der Waals surface area contributed by atoms with Crippen molar-refractivity contribution in [3.8, 4) is 0 Å². The molecule has 0 heterocycles. The monoisotopic (exact) mass is 252 g/mol. The van der Waals surface area contributed by atoms with E-state index in [0.717, 1.165) is 0 Å². The third-order valence-electron chi connectivity index (χ3n) is 1.99. The summed E-state index contributed by atoms with van der Waals surface area (Å²) < 4.78 is 20.2. The number of carbonyl (C=O) groups is 1. The molecule has 0 aromatic rings. The molecule has 0 fully saturated rings. The van der Waals surface area contributed by atoms with Crippen LogP contribution in [-0.2, 0) is 18.6 Å². The molecule has 0 aliphatic rings. The number of rotatable bonds is 6. The van der Waals surface area contributed by atoms with Crippen molar-refractivity contribution in [1.29, 1.82) is 0 Å². The summed E-state index contributed by atoms with van der Waals surface area (Å²) >= 11 is 0. The first kappa shape index (κ1) is 15.3. The Morgan fingerprint density at radius 1 is 1.38 bits per heavy atom. The number of esters is 1. The van der Waals surface area contributed by atoms with Crippen LogP contribution in [0, 0.1) is 0 Å². The van der Waals surface area contributed by atoms with E-state index in [4.69, 9.17) is 14.5 Å². The quantitative estimate of drug-likeness (QED) is 0.323. The standard InChI is InChI=1S/C9H17O6P/c1-5-9(6-2,15-16(11,12)13)14-8(10)7(3)4/h3,5-6H2,1-2,4H3,(H2,11,12,13). The third kappa shape index (κ3) is 4.90. The van der Waals surface area contributed by atoms with Crippen LogP contribution in [0.25, 0.3) is 0 Å². The number of phosphoric ester groups is 1. The van der Waals surface area contributed by atoms with Gasteiger partial charge in [-0.15, -0.1) is 0 Å². The summed E-state index contributed by atoms with van der Waals surface area (Å²) in [7, 11) is -4.71. The Hall–Kier alpha value is -0.680. The van der Waals surface area contributed by atoms with Gasteiger partial charge in [0.15, 0.2) is 0 Å². The Morgan fingerprint density at radius 3 is 2.06 bits per heavy atom. The Balaban J connectivity index is 4.89. The maximum atomic E-state index is 11.3. The van der Waals surface area contributed by atoms with Crippen LogP contribution in [0.15, 0.2) is 12.2 Å². The van der Waals surface area contributed by atoms with Crippen molar-refractivity contribution in [1.82, 2.24) is 0 Å². The molecule has 0 aromatic heterocycles. The van der Waals surface area contributed by atoms with Gasteiger partial charge in [0, 0.05) is 18.4 Å². The summed E-state index contributed by atoms with van der Waals surface area (Å²) in [6.45, 7) is 8.02. The fourth-order valence-corrected chi connectivity index (χ4v) is 1.74. The van der Waals surface area contributed by atoms with Crippen molar-refractivity contribution in [3.63, 3.8) is 0 Å². The normalized spacial score (nSPS) is 12.3. The summed E-state index contributed by atoms with van der Waals surface area (Å²) in [5.74, 6) is -2.34. The SMILES string of the molecule is C=C(C)C(=O)OC(CC)(CC)OP(=O)(O)O. The highest BCUT2D eigenvalue weighted by molar-refractivity contribution is 7.46. The highest BCUT2D eigenvalue weighted by atomic mass is 31.2. The molecule has 0 atom stereocenters. The minimum atomic E-state index is -4.71. The zero-order chi connectivity index (χ0) is 13.0. The van der Waals surface area contributed by atoms with Crippen LogP contribution in [0.5, 0.6) is 0 Å². The topological polar surface area (TPSA) is 93.1 Å². The second kappa shape index (κ2) is 5.59. The van der Waals surface area contributed by atoms with E-state index in [9.17, 15) is 9.36 Å². The fourth-order valence-electron chi connectivity index (χ4n) is 1.01. The van der Waals surface area contributed by atoms with E-state index in [0.29, 0.717) is 0 Å². The van der Waals surface area contributed by atoms with Gasteiger partial charge in [0.2, 0.25) is 5.79 Å². The van der Waals surface area contributed by atoms with Gasteiger partial charge >= 0.3 is 13.8 Å². The van der Waals surface area contributed by atoms with E-state index in [1.807, 2.05) is 0 Å². The Bertz CT molecular complexity index is 314. The summed E-state index contributed by atoms with van der Waals surface area (Å²) in [6, 6.07) is 0. The first-order chi connectivity index (χ1) is 7.16. The molecule has 94 valence electrons. The highest BCUT2D eigenvalue weighted by Crippen LogP contribution is 2.44. The summed E-state index contributed by atoms with van der Waals surface area (Å²) in [6.07, 6.45) is 0.265. The lowest BCUT2D eigenvalue weighted by atomic mass is 10.1. The van der Waals surface area contributed by atoms with Crippen LogP contribution in [0.2, 0.25) is 0 Å². The molecule has 7 heteroatoms. The molecule has 0 spiro atoms. The zero-order valence-corrected chi connectivity index (χ0v) is 10.5. The molecule has 0 aromatic carbocycles. The van der Waals surface area contributed by atoms with E-state index in [1.54, 1.807) is 13.8 Å². The Labute approximate surface area is 94.5 Å². The molecule has 0 aliphatic carbocycles. The van der Waals surface area contributed by atoms with Crippen molar-refractivity contribution in [2.24, 2.45) is 0 Å². The molecule has 2 N–H and O–H groups in total. The third-order valence-corrected chi connectivity index (χ3v) is 2.56. The van der Waals surface area contributed by atoms with Crippen LogP contribution < -0.4 is 0 Å². The van der Waals surface area contributed by atoms with Gasteiger partial charge in [-0.05, 0) is 6.92 Å². The van der Waals surface area contributed by atoms with Crippen LogP contribution in [0.1, 0.15) is 33.6 Å². The second-order valence-corrected chi connectivity index (χ2v) is 4.53.